The summed E-state index contributed by atoms with van der Waals surface area (Å²) in [6, 6.07) is 13.4. The van der Waals surface area contributed by atoms with Gasteiger partial charge in [-0.15, -0.1) is 0 Å². The topological polar surface area (TPSA) is 166 Å². The Morgan fingerprint density at radius 2 is 1.53 bits per heavy atom. The molecule has 2 aromatic carbocycles. The molecule has 2 aromatic rings. The number of alkyl halides is 3. The van der Waals surface area contributed by atoms with Crippen molar-refractivity contribution in [3.8, 4) is 0 Å². The van der Waals surface area contributed by atoms with Crippen molar-refractivity contribution in [1.82, 2.24) is 18.8 Å². The number of likely N-dealkylation sites (N-methyl/N-ethyl adjacent to an activating group) is 1. The third-order valence-corrected chi connectivity index (χ3v) is 11.1. The van der Waals surface area contributed by atoms with E-state index in [0.29, 0.717) is 32.6 Å². The van der Waals surface area contributed by atoms with Gasteiger partial charge in [0.15, 0.2) is 0 Å². The lowest BCUT2D eigenvalue weighted by Gasteiger charge is -2.26. The second-order valence-corrected chi connectivity index (χ2v) is 14.6. The number of carbonyl (C=O) groups is 2. The monoisotopic (exact) mass is 705 g/mol. The molecule has 18 heteroatoms. The van der Waals surface area contributed by atoms with Gasteiger partial charge in [-0.1, -0.05) is 24.3 Å². The number of hydrogen-bond acceptors (Lipinski definition) is 9. The number of aliphatic carboxylic acids is 1. The summed E-state index contributed by atoms with van der Waals surface area (Å²) < 4.78 is 91.1. The third-order valence-electron chi connectivity index (χ3n) is 7.31. The quantitative estimate of drug-likeness (QED) is 0.335. The number of hydrogen-bond donors (Lipinski definition) is 2. The van der Waals surface area contributed by atoms with E-state index >= 15 is 0 Å². The number of nitrogens with one attached hydrogen (secondary N) is 1. The summed E-state index contributed by atoms with van der Waals surface area (Å²) in [6.45, 7) is 3.57. The molecule has 1 fully saturated rings. The summed E-state index contributed by atoms with van der Waals surface area (Å²) in [5.41, 5.74) is 2.18. The highest BCUT2D eigenvalue weighted by Gasteiger charge is 2.38. The van der Waals surface area contributed by atoms with Crippen LogP contribution in [0.25, 0.3) is 0 Å². The van der Waals surface area contributed by atoms with Crippen LogP contribution in [0.4, 0.5) is 13.2 Å². The molecule has 2 N–H and O–H groups in total. The van der Waals surface area contributed by atoms with Gasteiger partial charge >= 0.3 is 12.1 Å². The number of rotatable bonds is 12. The van der Waals surface area contributed by atoms with Gasteiger partial charge in [-0.05, 0) is 42.7 Å². The molecular formula is C29H38F3N5O8S2. The lowest BCUT2D eigenvalue weighted by Crippen LogP contribution is -2.40. The summed E-state index contributed by atoms with van der Waals surface area (Å²) >= 11 is 0. The first-order valence-electron chi connectivity index (χ1n) is 14.6. The number of morpholine rings is 1. The molecule has 13 nitrogen and oxygen atoms in total. The minimum absolute atomic E-state index is 0.00109. The fraction of sp³-hybridized carbons (Fsp3) is 0.483. The van der Waals surface area contributed by atoms with E-state index in [-0.39, 0.29) is 41.8 Å². The normalized spacial score (nSPS) is 15.7. The van der Waals surface area contributed by atoms with Crippen molar-refractivity contribution in [3.05, 3.63) is 59.7 Å². The van der Waals surface area contributed by atoms with Crippen LogP contribution in [-0.2, 0) is 40.8 Å². The smallest absolute Gasteiger partial charge is 0.475 e. The summed E-state index contributed by atoms with van der Waals surface area (Å²) in [6.07, 6.45) is -3.78. The molecule has 0 saturated carbocycles. The fourth-order valence-electron chi connectivity index (χ4n) is 4.51. The van der Waals surface area contributed by atoms with Crippen molar-refractivity contribution in [2.75, 3.05) is 66.6 Å². The maximum atomic E-state index is 13.0. The Labute approximate surface area is 272 Å². The highest BCUT2D eigenvalue weighted by atomic mass is 32.2. The van der Waals surface area contributed by atoms with Crippen LogP contribution < -0.4 is 5.32 Å². The van der Waals surface area contributed by atoms with Gasteiger partial charge in [0.2, 0.25) is 26.0 Å². The minimum Gasteiger partial charge on any atom is -0.475 e. The van der Waals surface area contributed by atoms with E-state index in [1.807, 2.05) is 24.3 Å². The molecule has 0 aromatic heterocycles. The van der Waals surface area contributed by atoms with Gasteiger partial charge in [0.1, 0.15) is 5.84 Å². The molecule has 2 aliphatic rings. The summed E-state index contributed by atoms with van der Waals surface area (Å²) in [7, 11) is -4.33. The number of halogens is 3. The highest BCUT2D eigenvalue weighted by molar-refractivity contribution is 7.89. The van der Waals surface area contributed by atoms with Gasteiger partial charge in [-0.25, -0.2) is 25.9 Å². The standard InChI is InChI=1S/C27H37N5O6S2.C2HF3O2/c1-30(17-13-22-5-7-23(8-6-22)27-28-14-15-29-27)26(33)4-3-16-31(2)39(34,35)24-9-11-25(12-10-24)40(36,37)32-18-20-38-21-19-32;3-2(4,5)1(6)7/h5-12H,3-4,13-21H2,1-2H3,(H,28,29);(H,6,7). The second-order valence-electron chi connectivity index (χ2n) is 10.6. The van der Waals surface area contributed by atoms with Crippen LogP contribution >= 0.6 is 0 Å². The molecule has 2 heterocycles. The van der Waals surface area contributed by atoms with E-state index < -0.39 is 32.2 Å². The number of aliphatic imine (C=N–C) groups is 1. The number of sulfonamides is 2. The predicted molar refractivity (Wildman–Crippen MR) is 166 cm³/mol. The van der Waals surface area contributed by atoms with E-state index in [1.165, 1.54) is 39.9 Å². The van der Waals surface area contributed by atoms with E-state index in [0.717, 1.165) is 30.1 Å². The maximum Gasteiger partial charge on any atom is 0.490 e. The SMILES string of the molecule is CN(CCc1ccc(C2=NCCN2)cc1)C(=O)CCCN(C)S(=O)(=O)c1ccc(S(=O)(=O)N2CCOCC2)cc1.O=C(O)C(F)(F)F. The number of carboxylic acids is 1. The van der Waals surface area contributed by atoms with Crippen molar-refractivity contribution in [2.45, 2.75) is 35.2 Å². The summed E-state index contributed by atoms with van der Waals surface area (Å²) in [4.78, 5) is 27.6. The Balaban J connectivity index is 0.000000771. The van der Waals surface area contributed by atoms with Crippen molar-refractivity contribution in [1.29, 1.82) is 0 Å². The molecule has 47 heavy (non-hydrogen) atoms. The molecule has 0 aliphatic carbocycles. The van der Waals surface area contributed by atoms with Gasteiger partial charge in [0, 0.05) is 58.8 Å². The molecule has 0 spiro atoms. The van der Waals surface area contributed by atoms with Crippen molar-refractivity contribution >= 4 is 37.8 Å². The molecule has 260 valence electrons. The number of amidine groups is 1. The lowest BCUT2D eigenvalue weighted by atomic mass is 10.1. The van der Waals surface area contributed by atoms with Gasteiger partial charge in [0.05, 0.1) is 29.5 Å². The number of ether oxygens (including phenoxy) is 1. The van der Waals surface area contributed by atoms with Crippen molar-refractivity contribution in [2.24, 2.45) is 4.99 Å². The Kier molecular flexibility index (Phi) is 13.3. The molecular weight excluding hydrogens is 667 g/mol. The van der Waals surface area contributed by atoms with Gasteiger partial charge < -0.3 is 20.1 Å². The number of amides is 1. The van der Waals surface area contributed by atoms with Crippen LogP contribution in [0.1, 0.15) is 24.0 Å². The number of nitrogens with zero attached hydrogens (tertiary/aromatic N) is 4. The van der Waals surface area contributed by atoms with Crippen molar-refractivity contribution in [3.63, 3.8) is 0 Å². The van der Waals surface area contributed by atoms with Crippen molar-refractivity contribution < 1.29 is 49.4 Å². The maximum absolute atomic E-state index is 13.0. The Morgan fingerprint density at radius 1 is 0.957 bits per heavy atom. The van der Waals surface area contributed by atoms with Crippen LogP contribution in [0.3, 0.4) is 0 Å². The summed E-state index contributed by atoms with van der Waals surface area (Å²) in [5.74, 6) is -1.89. The zero-order valence-electron chi connectivity index (χ0n) is 25.9. The van der Waals surface area contributed by atoms with Crippen LogP contribution in [0.2, 0.25) is 0 Å². The third kappa shape index (κ3) is 10.7. The second kappa shape index (κ2) is 16.5. The first-order chi connectivity index (χ1) is 22.0. The van der Waals surface area contributed by atoms with Gasteiger partial charge in [-0.2, -0.15) is 17.5 Å². The largest absolute Gasteiger partial charge is 0.490 e. The summed E-state index contributed by atoms with van der Waals surface area (Å²) in [5, 5.41) is 10.4. The zero-order chi connectivity index (χ0) is 34.8. The molecule has 0 radical (unpaired) electrons. The Bertz CT molecular complexity index is 1610. The van der Waals surface area contributed by atoms with Crippen LogP contribution in [0.15, 0.2) is 63.3 Å². The fourth-order valence-corrected chi connectivity index (χ4v) is 7.12. The molecule has 0 bridgehead atoms. The first kappa shape index (κ1) is 37.9. The van der Waals surface area contributed by atoms with Crippen LogP contribution in [-0.4, -0.2) is 126 Å². The Hall–Kier alpha value is -3.58. The van der Waals surface area contributed by atoms with Gasteiger partial charge in [-0.3, -0.25) is 9.79 Å². The van der Waals surface area contributed by atoms with Gasteiger partial charge in [0.25, 0.3) is 0 Å². The first-order valence-corrected chi connectivity index (χ1v) is 17.5. The average molecular weight is 706 g/mol. The number of carboxylic acid groups (broad SMARTS) is 1. The zero-order valence-corrected chi connectivity index (χ0v) is 27.6. The highest BCUT2D eigenvalue weighted by Crippen LogP contribution is 2.21. The number of carbonyl (C=O) groups excluding carboxylic acids is 1. The van der Waals surface area contributed by atoms with E-state index in [1.54, 1.807) is 11.9 Å². The average Bonchev–Trinajstić information content (AvgIpc) is 3.59. The van der Waals surface area contributed by atoms with E-state index in [9.17, 15) is 34.8 Å². The molecule has 1 saturated heterocycles. The molecule has 0 atom stereocenters. The van der Waals surface area contributed by atoms with Crippen LogP contribution in [0, 0.1) is 0 Å². The van der Waals surface area contributed by atoms with Crippen LogP contribution in [0.5, 0.6) is 0 Å². The predicted octanol–water partition coefficient (Wildman–Crippen LogP) is 1.79. The lowest BCUT2D eigenvalue weighted by molar-refractivity contribution is -0.192. The Morgan fingerprint density at radius 3 is 2.06 bits per heavy atom. The molecule has 1 amide bonds. The molecule has 0 unspecified atom stereocenters. The molecule has 4 rings (SSSR count). The molecule has 2 aliphatic heterocycles. The van der Waals surface area contributed by atoms with E-state index in [2.05, 4.69) is 10.3 Å². The number of benzene rings is 2. The minimum atomic E-state index is -5.08. The van der Waals surface area contributed by atoms with E-state index in [4.69, 9.17) is 14.6 Å².